The molecule has 0 bridgehead atoms. The number of likely N-dealkylation sites (tertiary alicyclic amines) is 1. The zero-order chi connectivity index (χ0) is 21.0. The van der Waals surface area contributed by atoms with Gasteiger partial charge in [0, 0.05) is 37.9 Å². The quantitative estimate of drug-likeness (QED) is 0.772. The number of carbonyl (C=O) groups excluding carboxylic acids is 1. The van der Waals surface area contributed by atoms with Crippen molar-refractivity contribution in [2.75, 3.05) is 31.1 Å². The second kappa shape index (κ2) is 8.86. The molecule has 2 fully saturated rings. The molecule has 2 aromatic rings. The molecule has 1 N–H and O–H groups in total. The third kappa shape index (κ3) is 3.91. The van der Waals surface area contributed by atoms with Crippen LogP contribution in [0.1, 0.15) is 53.6 Å². The van der Waals surface area contributed by atoms with Crippen molar-refractivity contribution in [2.24, 2.45) is 0 Å². The number of pyridine rings is 1. The molecule has 1 aromatic carbocycles. The highest BCUT2D eigenvalue weighted by molar-refractivity contribution is 5.95. The fourth-order valence-corrected chi connectivity index (χ4v) is 5.27. The van der Waals surface area contributed by atoms with E-state index < -0.39 is 0 Å². The predicted molar refractivity (Wildman–Crippen MR) is 116 cm³/mol. The zero-order valence-electron chi connectivity index (χ0n) is 17.3. The summed E-state index contributed by atoms with van der Waals surface area (Å²) in [6.45, 7) is 3.57. The van der Waals surface area contributed by atoms with Crippen molar-refractivity contribution in [3.8, 4) is 0 Å². The number of fused-ring (bicyclic) bond motifs is 2. The van der Waals surface area contributed by atoms with Crippen LogP contribution in [0.15, 0.2) is 42.6 Å². The highest BCUT2D eigenvalue weighted by atomic mass is 16.3. The van der Waals surface area contributed by atoms with E-state index in [-0.39, 0.29) is 12.4 Å². The molecule has 2 saturated heterocycles. The summed E-state index contributed by atoms with van der Waals surface area (Å²) in [6, 6.07) is 12.9. The number of rotatable bonds is 2. The SMILES string of the molecule is O=C(c1ccnc(N2CCC3(CCc4ccccc43)CC2)c1)N1CCCC1.O=CO. The van der Waals surface area contributed by atoms with Crippen LogP contribution < -0.4 is 4.90 Å². The van der Waals surface area contributed by atoms with E-state index in [0.29, 0.717) is 5.41 Å². The number of aryl methyl sites for hydroxylation is 1. The van der Waals surface area contributed by atoms with Gasteiger partial charge in [0.05, 0.1) is 0 Å². The Labute approximate surface area is 177 Å². The summed E-state index contributed by atoms with van der Waals surface area (Å²) < 4.78 is 0. The van der Waals surface area contributed by atoms with Crippen LogP contribution in [0.2, 0.25) is 0 Å². The molecule has 6 nitrogen and oxygen atoms in total. The molecule has 3 heterocycles. The number of carbonyl (C=O) groups is 2. The van der Waals surface area contributed by atoms with Gasteiger partial charge in [-0.3, -0.25) is 9.59 Å². The van der Waals surface area contributed by atoms with Gasteiger partial charge in [-0.25, -0.2) is 4.98 Å². The highest BCUT2D eigenvalue weighted by Gasteiger charge is 2.41. The topological polar surface area (TPSA) is 73.7 Å². The molecule has 1 spiro atoms. The first-order chi connectivity index (χ1) is 14.7. The number of amides is 1. The lowest BCUT2D eigenvalue weighted by molar-refractivity contribution is -0.122. The minimum Gasteiger partial charge on any atom is -0.483 e. The monoisotopic (exact) mass is 407 g/mol. The van der Waals surface area contributed by atoms with Crippen molar-refractivity contribution in [3.05, 3.63) is 59.3 Å². The van der Waals surface area contributed by atoms with E-state index >= 15 is 0 Å². The van der Waals surface area contributed by atoms with Crippen molar-refractivity contribution in [3.63, 3.8) is 0 Å². The maximum atomic E-state index is 12.7. The van der Waals surface area contributed by atoms with Crippen molar-refractivity contribution in [1.82, 2.24) is 9.88 Å². The van der Waals surface area contributed by atoms with Crippen LogP contribution in [0.3, 0.4) is 0 Å². The van der Waals surface area contributed by atoms with E-state index in [4.69, 9.17) is 9.90 Å². The van der Waals surface area contributed by atoms with Gasteiger partial charge in [-0.2, -0.15) is 0 Å². The van der Waals surface area contributed by atoms with E-state index in [9.17, 15) is 4.79 Å². The predicted octanol–water partition coefficient (Wildman–Crippen LogP) is 3.50. The van der Waals surface area contributed by atoms with Gasteiger partial charge in [-0.05, 0) is 67.2 Å². The molecule has 3 aliphatic rings. The lowest BCUT2D eigenvalue weighted by atomic mass is 9.74. The Kier molecular flexibility index (Phi) is 6.02. The van der Waals surface area contributed by atoms with E-state index in [1.54, 1.807) is 17.3 Å². The Bertz CT molecular complexity index is 900. The van der Waals surface area contributed by atoms with Gasteiger partial charge in [-0.1, -0.05) is 24.3 Å². The number of nitrogens with zero attached hydrogens (tertiary/aromatic N) is 3. The average molecular weight is 408 g/mol. The molecule has 158 valence electrons. The van der Waals surface area contributed by atoms with Gasteiger partial charge < -0.3 is 14.9 Å². The Morgan fingerprint density at radius 2 is 1.73 bits per heavy atom. The number of hydrogen-bond acceptors (Lipinski definition) is 4. The molecule has 0 saturated carbocycles. The number of carboxylic acid groups (broad SMARTS) is 1. The molecule has 0 unspecified atom stereocenters. The van der Waals surface area contributed by atoms with Crippen molar-refractivity contribution >= 4 is 18.2 Å². The second-order valence-corrected chi connectivity index (χ2v) is 8.43. The molecule has 0 atom stereocenters. The number of hydrogen-bond donors (Lipinski definition) is 1. The van der Waals surface area contributed by atoms with Gasteiger partial charge in [0.15, 0.2) is 0 Å². The summed E-state index contributed by atoms with van der Waals surface area (Å²) in [7, 11) is 0. The first kappa shape index (κ1) is 20.4. The summed E-state index contributed by atoms with van der Waals surface area (Å²) in [5, 5.41) is 6.89. The first-order valence-corrected chi connectivity index (χ1v) is 10.8. The number of piperidine rings is 1. The summed E-state index contributed by atoms with van der Waals surface area (Å²) in [6.07, 6.45) is 8.90. The molecule has 1 aromatic heterocycles. The van der Waals surface area contributed by atoms with E-state index in [2.05, 4.69) is 34.1 Å². The fraction of sp³-hybridized carbons (Fsp3) is 0.458. The molecule has 5 rings (SSSR count). The van der Waals surface area contributed by atoms with Gasteiger partial charge in [0.1, 0.15) is 5.82 Å². The van der Waals surface area contributed by atoms with Crippen LogP contribution in [-0.4, -0.2) is 53.5 Å². The lowest BCUT2D eigenvalue weighted by Gasteiger charge is -2.40. The van der Waals surface area contributed by atoms with E-state index in [1.165, 1.54) is 25.7 Å². The van der Waals surface area contributed by atoms with Crippen LogP contribution in [0, 0.1) is 0 Å². The van der Waals surface area contributed by atoms with Crippen molar-refractivity contribution < 1.29 is 14.7 Å². The number of aromatic nitrogens is 1. The Balaban J connectivity index is 0.000000687. The smallest absolute Gasteiger partial charge is 0.290 e. The molecule has 2 aliphatic heterocycles. The molecular formula is C24H29N3O3. The Hall–Kier alpha value is -2.89. The highest BCUT2D eigenvalue weighted by Crippen LogP contribution is 2.46. The van der Waals surface area contributed by atoms with E-state index in [0.717, 1.165) is 50.4 Å². The lowest BCUT2D eigenvalue weighted by Crippen LogP contribution is -2.42. The molecule has 0 radical (unpaired) electrons. The summed E-state index contributed by atoms with van der Waals surface area (Å²) in [4.78, 5) is 30.0. The largest absolute Gasteiger partial charge is 0.483 e. The normalized spacial score (nSPS) is 19.2. The molecular weight excluding hydrogens is 378 g/mol. The van der Waals surface area contributed by atoms with Gasteiger partial charge >= 0.3 is 0 Å². The number of benzene rings is 1. The third-order valence-electron chi connectivity index (χ3n) is 6.89. The molecule has 1 aliphatic carbocycles. The summed E-state index contributed by atoms with van der Waals surface area (Å²) in [5.74, 6) is 1.12. The van der Waals surface area contributed by atoms with Crippen molar-refractivity contribution in [2.45, 2.75) is 43.9 Å². The van der Waals surface area contributed by atoms with Crippen molar-refractivity contribution in [1.29, 1.82) is 0 Å². The summed E-state index contributed by atoms with van der Waals surface area (Å²) >= 11 is 0. The zero-order valence-corrected chi connectivity index (χ0v) is 17.3. The number of anilines is 1. The minimum atomic E-state index is -0.250. The Morgan fingerprint density at radius 3 is 2.47 bits per heavy atom. The van der Waals surface area contributed by atoms with Crippen LogP contribution >= 0.6 is 0 Å². The molecule has 6 heteroatoms. The standard InChI is InChI=1S/C23H27N3O.CH2O2/c27-22(26-13-3-4-14-26)19-8-12-24-21(17-19)25-15-10-23(11-16-25)9-7-18-5-1-2-6-20(18)23;2-1-3/h1-2,5-6,8,12,17H,3-4,7,9-11,13-16H2;1H,(H,2,3). The third-order valence-corrected chi connectivity index (χ3v) is 6.89. The minimum absolute atomic E-state index is 0.161. The first-order valence-electron chi connectivity index (χ1n) is 10.8. The van der Waals surface area contributed by atoms with Crippen LogP contribution in [0.5, 0.6) is 0 Å². The maximum Gasteiger partial charge on any atom is 0.290 e. The van der Waals surface area contributed by atoms with Crippen LogP contribution in [0.25, 0.3) is 0 Å². The summed E-state index contributed by atoms with van der Waals surface area (Å²) in [5.41, 5.74) is 4.27. The second-order valence-electron chi connectivity index (χ2n) is 8.43. The Morgan fingerprint density at radius 1 is 1.03 bits per heavy atom. The molecule has 1 amide bonds. The van der Waals surface area contributed by atoms with Crippen LogP contribution in [-0.2, 0) is 16.6 Å². The van der Waals surface area contributed by atoms with Crippen LogP contribution in [0.4, 0.5) is 5.82 Å². The van der Waals surface area contributed by atoms with Gasteiger partial charge in [0.25, 0.3) is 12.4 Å². The maximum absolute atomic E-state index is 12.7. The van der Waals surface area contributed by atoms with E-state index in [1.807, 2.05) is 17.0 Å². The molecule has 30 heavy (non-hydrogen) atoms. The van der Waals surface area contributed by atoms with Gasteiger partial charge in [0.2, 0.25) is 0 Å². The van der Waals surface area contributed by atoms with Gasteiger partial charge in [-0.15, -0.1) is 0 Å². The average Bonchev–Trinajstić information content (AvgIpc) is 3.44. The fourth-order valence-electron chi connectivity index (χ4n) is 5.27.